The number of hydrogen-bond acceptors (Lipinski definition) is 4. The standard InChI is InChI=1S/C21H19N3O3S/c22-13-16-6-8-17(11-19(16)14-3-1-2-4-14)23-21(25)24-18-7-5-15-9-10-28(26,27)20(15)12-18/h5-12,14H,1-4H2,(H2,23,24,25). The fourth-order valence-corrected chi connectivity index (χ4v) is 5.07. The average molecular weight is 393 g/mol. The Labute approximate surface area is 163 Å². The van der Waals surface area contributed by atoms with Gasteiger partial charge in [-0.3, -0.25) is 0 Å². The Hall–Kier alpha value is -3.11. The number of benzene rings is 2. The van der Waals surface area contributed by atoms with Crippen molar-refractivity contribution in [2.75, 3.05) is 10.6 Å². The first kappa shape index (κ1) is 18.3. The molecule has 1 aliphatic heterocycles. The molecule has 2 N–H and O–H groups in total. The summed E-state index contributed by atoms with van der Waals surface area (Å²) in [7, 11) is -3.43. The highest BCUT2D eigenvalue weighted by molar-refractivity contribution is 7.94. The van der Waals surface area contributed by atoms with Crippen LogP contribution in [0.3, 0.4) is 0 Å². The zero-order valence-corrected chi connectivity index (χ0v) is 15.9. The van der Waals surface area contributed by atoms with Gasteiger partial charge in [0.15, 0.2) is 0 Å². The van der Waals surface area contributed by atoms with Gasteiger partial charge >= 0.3 is 6.03 Å². The lowest BCUT2D eigenvalue weighted by molar-refractivity contribution is 0.262. The number of anilines is 2. The lowest BCUT2D eigenvalue weighted by Gasteiger charge is -2.14. The SMILES string of the molecule is N#Cc1ccc(NC(=O)Nc2ccc3c(c2)S(=O)(=O)C=C3)cc1C1CCCC1. The second-order valence-corrected chi connectivity index (χ2v) is 8.88. The van der Waals surface area contributed by atoms with Crippen molar-refractivity contribution in [1.29, 1.82) is 5.26 Å². The van der Waals surface area contributed by atoms with E-state index in [0.717, 1.165) is 36.7 Å². The Kier molecular flexibility index (Phi) is 4.65. The number of rotatable bonds is 3. The van der Waals surface area contributed by atoms with Crippen LogP contribution < -0.4 is 10.6 Å². The van der Waals surface area contributed by atoms with Gasteiger partial charge in [-0.05, 0) is 66.3 Å². The third-order valence-corrected chi connectivity index (χ3v) is 6.69. The van der Waals surface area contributed by atoms with Gasteiger partial charge in [0, 0.05) is 16.8 Å². The molecule has 0 bridgehead atoms. The molecule has 4 rings (SSSR count). The average Bonchev–Trinajstić information content (AvgIpc) is 3.30. The predicted molar refractivity (Wildman–Crippen MR) is 108 cm³/mol. The Morgan fingerprint density at radius 3 is 2.43 bits per heavy atom. The summed E-state index contributed by atoms with van der Waals surface area (Å²) in [6, 6.07) is 11.8. The number of urea groups is 1. The van der Waals surface area contributed by atoms with Gasteiger partial charge in [0.1, 0.15) is 0 Å². The van der Waals surface area contributed by atoms with Crippen LogP contribution in [0.15, 0.2) is 46.7 Å². The van der Waals surface area contributed by atoms with Crippen molar-refractivity contribution in [3.05, 3.63) is 58.5 Å². The van der Waals surface area contributed by atoms with Gasteiger partial charge in [-0.25, -0.2) is 13.2 Å². The molecule has 0 saturated heterocycles. The molecule has 28 heavy (non-hydrogen) atoms. The molecule has 2 aromatic rings. The third kappa shape index (κ3) is 3.51. The summed E-state index contributed by atoms with van der Waals surface area (Å²) in [6.07, 6.45) is 5.97. The van der Waals surface area contributed by atoms with Crippen molar-refractivity contribution in [3.63, 3.8) is 0 Å². The molecule has 2 amide bonds. The van der Waals surface area contributed by atoms with Crippen molar-refractivity contribution in [2.45, 2.75) is 36.5 Å². The van der Waals surface area contributed by atoms with E-state index in [1.54, 1.807) is 24.3 Å². The Morgan fingerprint density at radius 2 is 1.71 bits per heavy atom. The number of fused-ring (bicyclic) bond motifs is 1. The number of hydrogen-bond donors (Lipinski definition) is 2. The first-order chi connectivity index (χ1) is 13.5. The van der Waals surface area contributed by atoms with Crippen LogP contribution in [0, 0.1) is 11.3 Å². The van der Waals surface area contributed by atoms with E-state index in [4.69, 9.17) is 0 Å². The minimum atomic E-state index is -3.43. The molecule has 0 unspecified atom stereocenters. The van der Waals surface area contributed by atoms with Crippen LogP contribution in [0.2, 0.25) is 0 Å². The summed E-state index contributed by atoms with van der Waals surface area (Å²) in [6.45, 7) is 0. The Bertz CT molecular complexity index is 1120. The molecule has 7 heteroatoms. The summed E-state index contributed by atoms with van der Waals surface area (Å²) in [5, 5.41) is 16.0. The number of amides is 2. The lowest BCUT2D eigenvalue weighted by atomic mass is 9.93. The van der Waals surface area contributed by atoms with Crippen LogP contribution >= 0.6 is 0 Å². The Morgan fingerprint density at radius 1 is 1.04 bits per heavy atom. The number of carbonyl (C=O) groups excluding carboxylic acids is 1. The highest BCUT2D eigenvalue weighted by Crippen LogP contribution is 2.37. The van der Waals surface area contributed by atoms with Gasteiger partial charge in [-0.1, -0.05) is 18.9 Å². The number of nitrogens with zero attached hydrogens (tertiary/aromatic N) is 1. The van der Waals surface area contributed by atoms with Crippen LogP contribution in [0.25, 0.3) is 6.08 Å². The summed E-state index contributed by atoms with van der Waals surface area (Å²) in [5.74, 6) is 0.355. The van der Waals surface area contributed by atoms with E-state index < -0.39 is 15.9 Å². The van der Waals surface area contributed by atoms with Crippen LogP contribution in [0.1, 0.15) is 48.3 Å². The highest BCUT2D eigenvalue weighted by Gasteiger charge is 2.22. The molecule has 0 radical (unpaired) electrons. The van der Waals surface area contributed by atoms with Gasteiger partial charge in [-0.2, -0.15) is 5.26 Å². The summed E-state index contributed by atoms with van der Waals surface area (Å²) in [4.78, 5) is 12.6. The van der Waals surface area contributed by atoms with E-state index in [-0.39, 0.29) is 4.90 Å². The molecule has 2 aliphatic rings. The minimum Gasteiger partial charge on any atom is -0.308 e. The molecular weight excluding hydrogens is 374 g/mol. The van der Waals surface area contributed by atoms with Crippen molar-refractivity contribution in [2.24, 2.45) is 0 Å². The number of carbonyl (C=O) groups is 1. The second kappa shape index (κ2) is 7.13. The van der Waals surface area contributed by atoms with Gasteiger partial charge in [0.2, 0.25) is 9.84 Å². The van der Waals surface area contributed by atoms with Crippen molar-refractivity contribution >= 4 is 33.3 Å². The first-order valence-electron chi connectivity index (χ1n) is 9.15. The summed E-state index contributed by atoms with van der Waals surface area (Å²) >= 11 is 0. The second-order valence-electron chi connectivity index (χ2n) is 7.07. The predicted octanol–water partition coefficient (Wildman–Crippen LogP) is 4.62. The quantitative estimate of drug-likeness (QED) is 0.795. The topological polar surface area (TPSA) is 99.1 Å². The first-order valence-corrected chi connectivity index (χ1v) is 10.7. The largest absolute Gasteiger partial charge is 0.323 e. The molecule has 142 valence electrons. The van der Waals surface area contributed by atoms with Crippen LogP contribution in [0.4, 0.5) is 16.2 Å². The normalized spacial score (nSPS) is 17.1. The molecule has 1 saturated carbocycles. The van der Waals surface area contributed by atoms with Gasteiger partial charge in [0.05, 0.1) is 16.5 Å². The van der Waals surface area contributed by atoms with Gasteiger partial charge < -0.3 is 10.6 Å². The smallest absolute Gasteiger partial charge is 0.308 e. The van der Waals surface area contributed by atoms with Gasteiger partial charge in [-0.15, -0.1) is 0 Å². The summed E-state index contributed by atoms with van der Waals surface area (Å²) in [5.41, 5.74) is 3.24. The molecule has 1 heterocycles. The Balaban J connectivity index is 1.50. The van der Waals surface area contributed by atoms with Crippen LogP contribution in [0.5, 0.6) is 0 Å². The monoisotopic (exact) mass is 393 g/mol. The van der Waals surface area contributed by atoms with Crippen molar-refractivity contribution in [1.82, 2.24) is 0 Å². The molecule has 0 aromatic heterocycles. The number of nitriles is 1. The maximum atomic E-state index is 12.4. The maximum Gasteiger partial charge on any atom is 0.323 e. The van der Waals surface area contributed by atoms with Crippen molar-refractivity contribution in [3.8, 4) is 6.07 Å². The van der Waals surface area contributed by atoms with E-state index in [1.807, 2.05) is 6.07 Å². The fourth-order valence-electron chi connectivity index (χ4n) is 3.84. The molecule has 1 aliphatic carbocycles. The van der Waals surface area contributed by atoms with Crippen LogP contribution in [-0.2, 0) is 9.84 Å². The van der Waals surface area contributed by atoms with E-state index in [1.165, 1.54) is 12.1 Å². The summed E-state index contributed by atoms with van der Waals surface area (Å²) < 4.78 is 23.9. The number of nitrogens with one attached hydrogen (secondary N) is 2. The van der Waals surface area contributed by atoms with Crippen molar-refractivity contribution < 1.29 is 13.2 Å². The third-order valence-electron chi connectivity index (χ3n) is 5.23. The molecule has 2 aromatic carbocycles. The number of sulfone groups is 1. The van der Waals surface area contributed by atoms with Crippen LogP contribution in [-0.4, -0.2) is 14.4 Å². The zero-order valence-electron chi connectivity index (χ0n) is 15.1. The molecule has 1 fully saturated rings. The van der Waals surface area contributed by atoms with E-state index in [0.29, 0.717) is 28.4 Å². The van der Waals surface area contributed by atoms with E-state index >= 15 is 0 Å². The lowest BCUT2D eigenvalue weighted by Crippen LogP contribution is -2.19. The highest BCUT2D eigenvalue weighted by atomic mass is 32.2. The van der Waals surface area contributed by atoms with Gasteiger partial charge in [0.25, 0.3) is 0 Å². The van der Waals surface area contributed by atoms with E-state index in [2.05, 4.69) is 16.7 Å². The molecule has 0 spiro atoms. The minimum absolute atomic E-state index is 0.187. The fraction of sp³-hybridized carbons (Fsp3) is 0.238. The molecule has 0 atom stereocenters. The maximum absolute atomic E-state index is 12.4. The zero-order chi connectivity index (χ0) is 19.7. The van der Waals surface area contributed by atoms with E-state index in [9.17, 15) is 18.5 Å². The molecule has 6 nitrogen and oxygen atoms in total. The molecular formula is C21H19N3O3S.